The molecule has 84 valence electrons. The zero-order valence-corrected chi connectivity index (χ0v) is 9.96. The highest BCUT2D eigenvalue weighted by Crippen LogP contribution is 2.23. The van der Waals surface area contributed by atoms with Crippen molar-refractivity contribution in [3.05, 3.63) is 46.5 Å². The third-order valence-electron chi connectivity index (χ3n) is 2.96. The minimum absolute atomic E-state index is 0.105. The number of hydrogen-bond acceptors (Lipinski definition) is 1. The molecule has 0 radical (unpaired) electrons. The Hall–Kier alpha value is -1.08. The van der Waals surface area contributed by atoms with Crippen LogP contribution < -0.4 is 0 Å². The molecule has 0 heterocycles. The summed E-state index contributed by atoms with van der Waals surface area (Å²) in [4.78, 5) is 11.9. The standard InChI is InChI=1S/C14H15ClO/c15-13-8-6-12(7-9-13)14(16)10-11-4-2-1-3-5-11/h6-10H,1-5H2. The number of rotatable bonds is 2. The molecular weight excluding hydrogens is 220 g/mol. The van der Waals surface area contributed by atoms with E-state index in [2.05, 4.69) is 0 Å². The van der Waals surface area contributed by atoms with Gasteiger partial charge in [-0.15, -0.1) is 0 Å². The van der Waals surface area contributed by atoms with Gasteiger partial charge in [0.1, 0.15) is 0 Å². The van der Waals surface area contributed by atoms with Crippen molar-refractivity contribution in [1.82, 2.24) is 0 Å². The van der Waals surface area contributed by atoms with Crippen molar-refractivity contribution in [3.8, 4) is 0 Å². The second kappa shape index (κ2) is 5.31. The van der Waals surface area contributed by atoms with Crippen LogP contribution in [0.15, 0.2) is 35.9 Å². The lowest BCUT2D eigenvalue weighted by molar-refractivity contribution is 0.104. The Morgan fingerprint density at radius 2 is 1.69 bits per heavy atom. The second-order valence-corrected chi connectivity index (χ2v) is 4.67. The Bertz CT molecular complexity index is 395. The summed E-state index contributed by atoms with van der Waals surface area (Å²) in [5.74, 6) is 0.105. The largest absolute Gasteiger partial charge is 0.289 e. The van der Waals surface area contributed by atoms with Gasteiger partial charge in [0, 0.05) is 10.6 Å². The number of benzene rings is 1. The molecule has 1 aliphatic rings. The number of carbonyl (C=O) groups is 1. The first kappa shape index (κ1) is 11.4. The van der Waals surface area contributed by atoms with Gasteiger partial charge in [-0.1, -0.05) is 23.6 Å². The van der Waals surface area contributed by atoms with Crippen molar-refractivity contribution in [1.29, 1.82) is 0 Å². The first-order valence-electron chi connectivity index (χ1n) is 5.75. The highest BCUT2D eigenvalue weighted by molar-refractivity contribution is 6.30. The molecule has 0 amide bonds. The van der Waals surface area contributed by atoms with Crippen molar-refractivity contribution in [3.63, 3.8) is 0 Å². The summed E-state index contributed by atoms with van der Waals surface area (Å²) < 4.78 is 0. The average Bonchev–Trinajstić information content (AvgIpc) is 2.31. The van der Waals surface area contributed by atoms with E-state index >= 15 is 0 Å². The summed E-state index contributed by atoms with van der Waals surface area (Å²) in [5, 5.41) is 0.668. The maximum Gasteiger partial charge on any atom is 0.185 e. The number of carbonyl (C=O) groups excluding carboxylic acids is 1. The molecule has 0 aromatic heterocycles. The number of halogens is 1. The van der Waals surface area contributed by atoms with Crippen molar-refractivity contribution >= 4 is 17.4 Å². The SMILES string of the molecule is O=C(C=C1CCCCC1)c1ccc(Cl)cc1. The fourth-order valence-corrected chi connectivity index (χ4v) is 2.16. The van der Waals surface area contributed by atoms with Gasteiger partial charge in [0.25, 0.3) is 0 Å². The monoisotopic (exact) mass is 234 g/mol. The number of hydrogen-bond donors (Lipinski definition) is 0. The summed E-state index contributed by atoms with van der Waals surface area (Å²) >= 11 is 5.78. The van der Waals surface area contributed by atoms with Gasteiger partial charge in [-0.2, -0.15) is 0 Å². The van der Waals surface area contributed by atoms with Crippen molar-refractivity contribution in [2.45, 2.75) is 32.1 Å². The van der Waals surface area contributed by atoms with Crippen LogP contribution in [0.1, 0.15) is 42.5 Å². The Kier molecular flexibility index (Phi) is 3.79. The molecule has 2 heteroatoms. The molecule has 0 bridgehead atoms. The van der Waals surface area contributed by atoms with Gasteiger partial charge in [0.2, 0.25) is 0 Å². The minimum Gasteiger partial charge on any atom is -0.289 e. The molecule has 0 atom stereocenters. The van der Waals surface area contributed by atoms with E-state index in [1.54, 1.807) is 24.3 Å². The van der Waals surface area contributed by atoms with Crippen LogP contribution in [0.3, 0.4) is 0 Å². The summed E-state index contributed by atoms with van der Waals surface area (Å²) in [6.45, 7) is 0. The van der Waals surface area contributed by atoms with E-state index in [9.17, 15) is 4.79 Å². The summed E-state index contributed by atoms with van der Waals surface area (Å²) in [7, 11) is 0. The van der Waals surface area contributed by atoms with Gasteiger partial charge >= 0.3 is 0 Å². The summed E-state index contributed by atoms with van der Waals surface area (Å²) in [5.41, 5.74) is 2.02. The zero-order chi connectivity index (χ0) is 11.4. The smallest absolute Gasteiger partial charge is 0.185 e. The van der Waals surface area contributed by atoms with Crippen LogP contribution in [0.2, 0.25) is 5.02 Å². The quantitative estimate of drug-likeness (QED) is 0.547. The summed E-state index contributed by atoms with van der Waals surface area (Å²) in [6.07, 6.45) is 7.72. The topological polar surface area (TPSA) is 17.1 Å². The van der Waals surface area contributed by atoms with Crippen LogP contribution in [-0.4, -0.2) is 5.78 Å². The highest BCUT2D eigenvalue weighted by Gasteiger charge is 2.08. The predicted molar refractivity (Wildman–Crippen MR) is 67.0 cm³/mol. The second-order valence-electron chi connectivity index (χ2n) is 4.23. The molecule has 0 aliphatic heterocycles. The van der Waals surface area contributed by atoms with Gasteiger partial charge in [-0.25, -0.2) is 0 Å². The van der Waals surface area contributed by atoms with Crippen LogP contribution >= 0.6 is 11.6 Å². The lowest BCUT2D eigenvalue weighted by Gasteiger charge is -2.12. The van der Waals surface area contributed by atoms with E-state index in [-0.39, 0.29) is 5.78 Å². The molecule has 1 aliphatic carbocycles. The summed E-state index contributed by atoms with van der Waals surface area (Å²) in [6, 6.07) is 7.08. The third kappa shape index (κ3) is 2.96. The Morgan fingerprint density at radius 1 is 1.06 bits per heavy atom. The van der Waals surface area contributed by atoms with Gasteiger partial charge in [0.05, 0.1) is 0 Å². The number of allylic oxidation sites excluding steroid dienone is 2. The zero-order valence-electron chi connectivity index (χ0n) is 9.21. The molecule has 1 aromatic rings. The molecule has 1 fully saturated rings. The maximum absolute atomic E-state index is 11.9. The lowest BCUT2D eigenvalue weighted by atomic mass is 9.93. The molecule has 1 nitrogen and oxygen atoms in total. The molecule has 2 rings (SSSR count). The van der Waals surface area contributed by atoms with E-state index in [4.69, 9.17) is 11.6 Å². The first-order valence-corrected chi connectivity index (χ1v) is 6.13. The maximum atomic E-state index is 11.9. The van der Waals surface area contributed by atoms with E-state index in [1.165, 1.54) is 24.8 Å². The molecule has 0 spiro atoms. The Balaban J connectivity index is 2.09. The first-order chi connectivity index (χ1) is 7.75. The normalized spacial score (nSPS) is 15.9. The molecule has 16 heavy (non-hydrogen) atoms. The van der Waals surface area contributed by atoms with Crippen molar-refractivity contribution in [2.24, 2.45) is 0 Å². The van der Waals surface area contributed by atoms with Crippen LogP contribution in [0, 0.1) is 0 Å². The molecular formula is C14H15ClO. The molecule has 0 N–H and O–H groups in total. The molecule has 1 aromatic carbocycles. The molecule has 1 saturated carbocycles. The molecule has 0 saturated heterocycles. The fraction of sp³-hybridized carbons (Fsp3) is 0.357. The van der Waals surface area contributed by atoms with E-state index in [0.29, 0.717) is 5.02 Å². The highest BCUT2D eigenvalue weighted by atomic mass is 35.5. The number of ketones is 1. The molecule has 0 unspecified atom stereocenters. The van der Waals surface area contributed by atoms with Crippen molar-refractivity contribution in [2.75, 3.05) is 0 Å². The minimum atomic E-state index is 0.105. The van der Waals surface area contributed by atoms with Gasteiger partial charge in [-0.3, -0.25) is 4.79 Å². The van der Waals surface area contributed by atoms with Gasteiger partial charge < -0.3 is 0 Å². The van der Waals surface area contributed by atoms with Crippen LogP contribution in [-0.2, 0) is 0 Å². The van der Waals surface area contributed by atoms with Crippen molar-refractivity contribution < 1.29 is 4.79 Å². The van der Waals surface area contributed by atoms with Crippen LogP contribution in [0.5, 0.6) is 0 Å². The predicted octanol–water partition coefficient (Wildman–Crippen LogP) is 4.41. The average molecular weight is 235 g/mol. The van der Waals surface area contributed by atoms with Gasteiger partial charge in [-0.05, 0) is 56.0 Å². The lowest BCUT2D eigenvalue weighted by Crippen LogP contribution is -2.00. The third-order valence-corrected chi connectivity index (χ3v) is 3.21. The van der Waals surface area contributed by atoms with E-state index in [0.717, 1.165) is 18.4 Å². The fourth-order valence-electron chi connectivity index (χ4n) is 2.03. The Labute approximate surface area is 101 Å². The van der Waals surface area contributed by atoms with E-state index < -0.39 is 0 Å². The van der Waals surface area contributed by atoms with Crippen LogP contribution in [0.4, 0.5) is 0 Å². The Morgan fingerprint density at radius 3 is 2.31 bits per heavy atom. The van der Waals surface area contributed by atoms with Gasteiger partial charge in [0.15, 0.2) is 5.78 Å². The van der Waals surface area contributed by atoms with Crippen LogP contribution in [0.25, 0.3) is 0 Å². The van der Waals surface area contributed by atoms with E-state index in [1.807, 2.05) is 6.08 Å².